The second-order valence-electron chi connectivity index (χ2n) is 4.63. The molecule has 0 spiro atoms. The summed E-state index contributed by atoms with van der Waals surface area (Å²) in [6.07, 6.45) is 1.27. The smallest absolute Gasteiger partial charge is 0.148 e. The lowest BCUT2D eigenvalue weighted by Crippen LogP contribution is -2.19. The SMILES string of the molecule is CCNC(C)c1c(OC)cccc1SCCS(C)(=O)=O. The van der Waals surface area contributed by atoms with Crippen molar-refractivity contribution in [2.45, 2.75) is 24.8 Å². The Hall–Kier alpha value is -0.720. The van der Waals surface area contributed by atoms with Crippen molar-refractivity contribution in [3.8, 4) is 5.75 Å². The van der Waals surface area contributed by atoms with Crippen molar-refractivity contribution in [3.05, 3.63) is 23.8 Å². The maximum absolute atomic E-state index is 11.2. The lowest BCUT2D eigenvalue weighted by Gasteiger charge is -2.20. The lowest BCUT2D eigenvalue weighted by atomic mass is 10.1. The summed E-state index contributed by atoms with van der Waals surface area (Å²) in [7, 11) is -1.27. The van der Waals surface area contributed by atoms with E-state index in [-0.39, 0.29) is 11.8 Å². The normalized spacial score (nSPS) is 13.2. The van der Waals surface area contributed by atoms with Crippen LogP contribution >= 0.6 is 11.8 Å². The van der Waals surface area contributed by atoms with Gasteiger partial charge in [0.25, 0.3) is 0 Å². The number of thioether (sulfide) groups is 1. The third-order valence-electron chi connectivity index (χ3n) is 2.90. The number of methoxy groups -OCH3 is 1. The van der Waals surface area contributed by atoms with Crippen LogP contribution in [0, 0.1) is 0 Å². The molecule has 6 heteroatoms. The molecule has 1 rings (SSSR count). The highest BCUT2D eigenvalue weighted by Crippen LogP contribution is 2.34. The van der Waals surface area contributed by atoms with Gasteiger partial charge in [-0.05, 0) is 25.6 Å². The van der Waals surface area contributed by atoms with Crippen LogP contribution < -0.4 is 10.1 Å². The summed E-state index contributed by atoms with van der Waals surface area (Å²) in [5, 5.41) is 3.37. The third-order valence-corrected chi connectivity index (χ3v) is 5.18. The Labute approximate surface area is 126 Å². The predicted molar refractivity (Wildman–Crippen MR) is 85.5 cm³/mol. The molecular weight excluding hydrogens is 294 g/mol. The van der Waals surface area contributed by atoms with E-state index in [0.717, 1.165) is 22.8 Å². The molecule has 4 nitrogen and oxygen atoms in total. The average molecular weight is 317 g/mol. The van der Waals surface area contributed by atoms with Crippen molar-refractivity contribution in [1.29, 1.82) is 0 Å². The maximum Gasteiger partial charge on any atom is 0.148 e. The fraction of sp³-hybridized carbons (Fsp3) is 0.571. The molecule has 0 aliphatic carbocycles. The van der Waals surface area contributed by atoms with E-state index in [4.69, 9.17) is 4.74 Å². The molecule has 0 aromatic heterocycles. The van der Waals surface area contributed by atoms with E-state index >= 15 is 0 Å². The molecule has 0 bridgehead atoms. The number of sulfone groups is 1. The predicted octanol–water partition coefficient (Wildman–Crippen LogP) is 2.50. The van der Waals surface area contributed by atoms with Crippen LogP contribution in [-0.4, -0.2) is 39.8 Å². The van der Waals surface area contributed by atoms with Crippen LogP contribution in [0.3, 0.4) is 0 Å². The number of hydrogen-bond donors (Lipinski definition) is 1. The maximum atomic E-state index is 11.2. The Morgan fingerprint density at radius 3 is 2.65 bits per heavy atom. The summed E-state index contributed by atoms with van der Waals surface area (Å²) in [5.41, 5.74) is 1.09. The third kappa shape index (κ3) is 5.34. The van der Waals surface area contributed by atoms with Crippen molar-refractivity contribution in [3.63, 3.8) is 0 Å². The summed E-state index contributed by atoms with van der Waals surface area (Å²) in [4.78, 5) is 1.07. The largest absolute Gasteiger partial charge is 0.496 e. The van der Waals surface area contributed by atoms with Crippen LogP contribution in [0.25, 0.3) is 0 Å². The van der Waals surface area contributed by atoms with E-state index in [1.165, 1.54) is 6.26 Å². The van der Waals surface area contributed by atoms with E-state index < -0.39 is 9.84 Å². The van der Waals surface area contributed by atoms with Crippen LogP contribution in [0.4, 0.5) is 0 Å². The topological polar surface area (TPSA) is 55.4 Å². The van der Waals surface area contributed by atoms with Crippen molar-refractivity contribution >= 4 is 21.6 Å². The first-order valence-electron chi connectivity index (χ1n) is 6.59. The molecule has 0 heterocycles. The number of benzene rings is 1. The van der Waals surface area contributed by atoms with Crippen LogP contribution in [0.5, 0.6) is 5.75 Å². The van der Waals surface area contributed by atoms with Gasteiger partial charge < -0.3 is 10.1 Å². The minimum absolute atomic E-state index is 0.164. The summed E-state index contributed by atoms with van der Waals surface area (Å²) in [6, 6.07) is 6.04. The molecule has 114 valence electrons. The van der Waals surface area contributed by atoms with Gasteiger partial charge in [-0.2, -0.15) is 0 Å². The van der Waals surface area contributed by atoms with Crippen LogP contribution in [0.15, 0.2) is 23.1 Å². The Morgan fingerprint density at radius 1 is 1.40 bits per heavy atom. The molecule has 1 aromatic carbocycles. The fourth-order valence-corrected chi connectivity index (χ4v) is 4.34. The van der Waals surface area contributed by atoms with Gasteiger partial charge in [-0.1, -0.05) is 13.0 Å². The molecule has 1 unspecified atom stereocenters. The highest BCUT2D eigenvalue weighted by atomic mass is 32.2. The minimum atomic E-state index is -2.92. The van der Waals surface area contributed by atoms with Gasteiger partial charge in [0, 0.05) is 28.5 Å². The summed E-state index contributed by atoms with van der Waals surface area (Å²) in [6.45, 7) is 5.01. The molecule has 0 saturated carbocycles. The number of ether oxygens (including phenoxy) is 1. The van der Waals surface area contributed by atoms with E-state index in [1.807, 2.05) is 18.2 Å². The zero-order chi connectivity index (χ0) is 15.2. The standard InChI is InChI=1S/C14H23NO3S2/c1-5-15-11(2)14-12(18-3)7-6-8-13(14)19-9-10-20(4,16)17/h6-8,11,15H,5,9-10H2,1-4H3. The first-order chi connectivity index (χ1) is 9.39. The summed E-state index contributed by atoms with van der Waals surface area (Å²) in [5.74, 6) is 1.57. The minimum Gasteiger partial charge on any atom is -0.496 e. The van der Waals surface area contributed by atoms with E-state index in [2.05, 4.69) is 19.2 Å². The monoisotopic (exact) mass is 317 g/mol. The Morgan fingerprint density at radius 2 is 2.10 bits per heavy atom. The molecule has 1 aromatic rings. The average Bonchev–Trinajstić information content (AvgIpc) is 2.37. The molecule has 20 heavy (non-hydrogen) atoms. The zero-order valence-electron chi connectivity index (χ0n) is 12.5. The van der Waals surface area contributed by atoms with Crippen molar-refractivity contribution < 1.29 is 13.2 Å². The Kier molecular flexibility index (Phi) is 6.85. The summed E-state index contributed by atoms with van der Waals surface area (Å²) < 4.78 is 27.9. The molecule has 0 aliphatic rings. The second-order valence-corrected chi connectivity index (χ2v) is 8.03. The highest BCUT2D eigenvalue weighted by Gasteiger charge is 2.16. The van der Waals surface area contributed by atoms with E-state index in [1.54, 1.807) is 18.9 Å². The van der Waals surface area contributed by atoms with Crippen LogP contribution in [-0.2, 0) is 9.84 Å². The first kappa shape index (κ1) is 17.3. The Bertz CT molecular complexity index is 529. The number of rotatable bonds is 8. The van der Waals surface area contributed by atoms with Gasteiger partial charge >= 0.3 is 0 Å². The molecule has 1 N–H and O–H groups in total. The Balaban J connectivity index is 2.94. The van der Waals surface area contributed by atoms with Crippen molar-refractivity contribution in [2.24, 2.45) is 0 Å². The van der Waals surface area contributed by atoms with Crippen LogP contribution in [0.1, 0.15) is 25.5 Å². The van der Waals surface area contributed by atoms with Crippen molar-refractivity contribution in [1.82, 2.24) is 5.32 Å². The molecule has 1 atom stereocenters. The molecule has 0 fully saturated rings. The molecular formula is C14H23NO3S2. The number of nitrogens with one attached hydrogen (secondary N) is 1. The first-order valence-corrected chi connectivity index (χ1v) is 9.64. The number of hydrogen-bond acceptors (Lipinski definition) is 5. The van der Waals surface area contributed by atoms with E-state index in [9.17, 15) is 8.42 Å². The molecule has 0 radical (unpaired) electrons. The van der Waals surface area contributed by atoms with Gasteiger partial charge in [0.05, 0.1) is 12.9 Å². The fourth-order valence-electron chi connectivity index (χ4n) is 1.97. The van der Waals surface area contributed by atoms with Gasteiger partial charge in [-0.25, -0.2) is 8.42 Å². The van der Waals surface area contributed by atoms with Gasteiger partial charge in [0.2, 0.25) is 0 Å². The lowest BCUT2D eigenvalue weighted by molar-refractivity contribution is 0.400. The van der Waals surface area contributed by atoms with E-state index in [0.29, 0.717) is 5.75 Å². The van der Waals surface area contributed by atoms with Crippen LogP contribution in [0.2, 0.25) is 0 Å². The highest BCUT2D eigenvalue weighted by molar-refractivity contribution is 8.00. The van der Waals surface area contributed by atoms with Gasteiger partial charge in [0.1, 0.15) is 15.6 Å². The zero-order valence-corrected chi connectivity index (χ0v) is 14.1. The van der Waals surface area contributed by atoms with Gasteiger partial charge in [-0.15, -0.1) is 11.8 Å². The van der Waals surface area contributed by atoms with Crippen molar-refractivity contribution in [2.75, 3.05) is 31.4 Å². The quantitative estimate of drug-likeness (QED) is 0.747. The molecule has 0 aliphatic heterocycles. The summed E-state index contributed by atoms with van der Waals surface area (Å²) >= 11 is 1.56. The second kappa shape index (κ2) is 7.90. The van der Waals surface area contributed by atoms with Gasteiger partial charge in [-0.3, -0.25) is 0 Å². The van der Waals surface area contributed by atoms with Gasteiger partial charge in [0.15, 0.2) is 0 Å². The molecule has 0 amide bonds. The molecule has 0 saturated heterocycles.